The average molecular weight is 180 g/mol. The molecule has 1 aliphatic heterocycles. The van der Waals surface area contributed by atoms with E-state index in [2.05, 4.69) is 20.1 Å². The van der Waals surface area contributed by atoms with Crippen molar-refractivity contribution in [2.75, 3.05) is 13.6 Å². The quantitative estimate of drug-likeness (QED) is 0.681. The van der Waals surface area contributed by atoms with E-state index in [0.29, 0.717) is 0 Å². The fourth-order valence-electron chi connectivity index (χ4n) is 1.82. The fraction of sp³-hybridized carbons (Fsp3) is 0.778. The minimum atomic E-state index is 1.05. The second-order valence-corrected chi connectivity index (χ2v) is 3.49. The maximum atomic E-state index is 4.19. The van der Waals surface area contributed by atoms with Gasteiger partial charge in [-0.3, -0.25) is 0 Å². The number of aryl methyl sites for hydroxylation is 2. The van der Waals surface area contributed by atoms with Crippen molar-refractivity contribution in [3.63, 3.8) is 0 Å². The first-order valence-electron chi connectivity index (χ1n) is 4.97. The van der Waals surface area contributed by atoms with Gasteiger partial charge < -0.3 is 9.88 Å². The normalized spacial score (nSPS) is 14.8. The van der Waals surface area contributed by atoms with Crippen LogP contribution in [0.1, 0.15) is 24.5 Å². The van der Waals surface area contributed by atoms with E-state index < -0.39 is 0 Å². The molecule has 13 heavy (non-hydrogen) atoms. The third-order valence-electron chi connectivity index (χ3n) is 2.51. The van der Waals surface area contributed by atoms with E-state index in [0.717, 1.165) is 32.4 Å². The summed E-state index contributed by atoms with van der Waals surface area (Å²) in [5.74, 6) is 2.35. The Morgan fingerprint density at radius 2 is 2.38 bits per heavy atom. The summed E-state index contributed by atoms with van der Waals surface area (Å²) < 4.78 is 2.27. The van der Waals surface area contributed by atoms with Crippen LogP contribution in [0.4, 0.5) is 0 Å². The fourth-order valence-corrected chi connectivity index (χ4v) is 1.82. The van der Waals surface area contributed by atoms with Gasteiger partial charge in [0.15, 0.2) is 0 Å². The van der Waals surface area contributed by atoms with Crippen LogP contribution in [0.5, 0.6) is 0 Å². The predicted molar refractivity (Wildman–Crippen MR) is 50.6 cm³/mol. The van der Waals surface area contributed by atoms with Gasteiger partial charge in [-0.25, -0.2) is 0 Å². The summed E-state index contributed by atoms with van der Waals surface area (Å²) in [6.45, 7) is 2.18. The zero-order valence-corrected chi connectivity index (χ0v) is 8.08. The lowest BCUT2D eigenvalue weighted by molar-refractivity contribution is 0.643. The van der Waals surface area contributed by atoms with E-state index in [1.165, 1.54) is 18.1 Å². The van der Waals surface area contributed by atoms with Crippen LogP contribution in [0.3, 0.4) is 0 Å². The van der Waals surface area contributed by atoms with Crippen molar-refractivity contribution >= 4 is 0 Å². The zero-order chi connectivity index (χ0) is 9.10. The number of nitrogens with zero attached hydrogens (tertiary/aromatic N) is 3. The molecule has 0 amide bonds. The number of fused-ring (bicyclic) bond motifs is 1. The summed E-state index contributed by atoms with van der Waals surface area (Å²) in [6.07, 6.45) is 4.55. The Hall–Kier alpha value is -0.900. The summed E-state index contributed by atoms with van der Waals surface area (Å²) in [5, 5.41) is 11.5. The third kappa shape index (κ3) is 1.72. The Balaban J connectivity index is 1.96. The van der Waals surface area contributed by atoms with E-state index in [4.69, 9.17) is 0 Å². The van der Waals surface area contributed by atoms with E-state index in [-0.39, 0.29) is 0 Å². The summed E-state index contributed by atoms with van der Waals surface area (Å²) in [6, 6.07) is 0. The molecule has 4 nitrogen and oxygen atoms in total. The molecule has 2 heterocycles. The van der Waals surface area contributed by atoms with E-state index in [9.17, 15) is 0 Å². The largest absolute Gasteiger partial charge is 0.320 e. The summed E-state index contributed by atoms with van der Waals surface area (Å²) in [5.41, 5.74) is 0. The van der Waals surface area contributed by atoms with Crippen LogP contribution in [0.2, 0.25) is 0 Å². The van der Waals surface area contributed by atoms with Gasteiger partial charge in [-0.1, -0.05) is 0 Å². The van der Waals surface area contributed by atoms with Crippen LogP contribution in [0.15, 0.2) is 0 Å². The third-order valence-corrected chi connectivity index (χ3v) is 2.51. The minimum Gasteiger partial charge on any atom is -0.320 e. The van der Waals surface area contributed by atoms with Gasteiger partial charge in [0.2, 0.25) is 0 Å². The van der Waals surface area contributed by atoms with Crippen LogP contribution in [-0.2, 0) is 19.4 Å². The Morgan fingerprint density at radius 1 is 1.46 bits per heavy atom. The van der Waals surface area contributed by atoms with Crippen LogP contribution < -0.4 is 5.32 Å². The molecule has 0 saturated carbocycles. The number of aromatic nitrogens is 3. The van der Waals surface area contributed by atoms with Gasteiger partial charge in [0.1, 0.15) is 11.6 Å². The van der Waals surface area contributed by atoms with E-state index in [1.807, 2.05) is 7.05 Å². The predicted octanol–water partition coefficient (Wildman–Crippen LogP) is 0.376. The molecular weight excluding hydrogens is 164 g/mol. The van der Waals surface area contributed by atoms with Crippen molar-refractivity contribution in [3.05, 3.63) is 11.6 Å². The second-order valence-electron chi connectivity index (χ2n) is 3.49. The van der Waals surface area contributed by atoms with Gasteiger partial charge in [0, 0.05) is 19.4 Å². The van der Waals surface area contributed by atoms with Gasteiger partial charge in [-0.15, -0.1) is 10.2 Å². The highest BCUT2D eigenvalue weighted by Crippen LogP contribution is 2.14. The minimum absolute atomic E-state index is 1.05. The molecule has 0 radical (unpaired) electrons. The van der Waals surface area contributed by atoms with E-state index in [1.54, 1.807) is 0 Å². The smallest absolute Gasteiger partial charge is 0.133 e. The molecule has 0 aliphatic carbocycles. The molecule has 0 unspecified atom stereocenters. The number of nitrogens with one attached hydrogen (secondary N) is 1. The van der Waals surface area contributed by atoms with Crippen molar-refractivity contribution in [2.45, 2.75) is 32.2 Å². The Kier molecular flexibility index (Phi) is 2.59. The van der Waals surface area contributed by atoms with Crippen molar-refractivity contribution in [3.8, 4) is 0 Å². The summed E-state index contributed by atoms with van der Waals surface area (Å²) >= 11 is 0. The Labute approximate surface area is 78.4 Å². The van der Waals surface area contributed by atoms with Gasteiger partial charge in [0.05, 0.1) is 0 Å². The standard InChI is InChI=1S/C9H16N4/c1-10-6-2-4-8-11-12-9-5-3-7-13(8)9/h10H,2-7H2,1H3. The first-order chi connectivity index (χ1) is 6.42. The van der Waals surface area contributed by atoms with E-state index >= 15 is 0 Å². The van der Waals surface area contributed by atoms with Gasteiger partial charge in [-0.05, 0) is 26.4 Å². The SMILES string of the molecule is CNCCCc1nnc2n1CCC2. The van der Waals surface area contributed by atoms with Crippen molar-refractivity contribution in [1.29, 1.82) is 0 Å². The summed E-state index contributed by atoms with van der Waals surface area (Å²) in [7, 11) is 1.98. The molecule has 0 bridgehead atoms. The Bertz CT molecular complexity index is 279. The summed E-state index contributed by atoms with van der Waals surface area (Å²) in [4.78, 5) is 0. The van der Waals surface area contributed by atoms with Crippen molar-refractivity contribution in [2.24, 2.45) is 0 Å². The van der Waals surface area contributed by atoms with Crippen LogP contribution in [0.25, 0.3) is 0 Å². The molecule has 0 spiro atoms. The van der Waals surface area contributed by atoms with Gasteiger partial charge in [0.25, 0.3) is 0 Å². The molecule has 0 aromatic carbocycles. The number of rotatable bonds is 4. The van der Waals surface area contributed by atoms with Crippen LogP contribution >= 0.6 is 0 Å². The van der Waals surface area contributed by atoms with Crippen LogP contribution in [0, 0.1) is 0 Å². The highest BCUT2D eigenvalue weighted by Gasteiger charge is 2.16. The van der Waals surface area contributed by atoms with Gasteiger partial charge in [-0.2, -0.15) is 0 Å². The second kappa shape index (κ2) is 3.87. The Morgan fingerprint density at radius 3 is 3.23 bits per heavy atom. The lowest BCUT2D eigenvalue weighted by atomic mass is 10.3. The number of hydrogen-bond acceptors (Lipinski definition) is 3. The maximum absolute atomic E-state index is 4.19. The lowest BCUT2D eigenvalue weighted by Gasteiger charge is -2.01. The maximum Gasteiger partial charge on any atom is 0.133 e. The molecule has 4 heteroatoms. The molecule has 1 aromatic rings. The monoisotopic (exact) mass is 180 g/mol. The first-order valence-corrected chi connectivity index (χ1v) is 4.97. The molecule has 2 rings (SSSR count). The van der Waals surface area contributed by atoms with Crippen molar-refractivity contribution < 1.29 is 0 Å². The topological polar surface area (TPSA) is 42.7 Å². The molecule has 1 aromatic heterocycles. The molecule has 1 N–H and O–H groups in total. The highest BCUT2D eigenvalue weighted by molar-refractivity contribution is 5.00. The molecule has 72 valence electrons. The first kappa shape index (κ1) is 8.69. The zero-order valence-electron chi connectivity index (χ0n) is 8.08. The van der Waals surface area contributed by atoms with Gasteiger partial charge >= 0.3 is 0 Å². The van der Waals surface area contributed by atoms with Crippen LogP contribution in [-0.4, -0.2) is 28.4 Å². The molecule has 0 saturated heterocycles. The molecule has 1 aliphatic rings. The average Bonchev–Trinajstić information content (AvgIpc) is 2.68. The lowest BCUT2D eigenvalue weighted by Crippen LogP contribution is -2.10. The molecular formula is C9H16N4. The van der Waals surface area contributed by atoms with Crippen molar-refractivity contribution in [1.82, 2.24) is 20.1 Å². The molecule has 0 fully saturated rings. The number of hydrogen-bond donors (Lipinski definition) is 1. The molecule has 0 atom stereocenters. The highest BCUT2D eigenvalue weighted by atomic mass is 15.3.